The van der Waals surface area contributed by atoms with Crippen molar-refractivity contribution in [2.45, 2.75) is 52.0 Å². The number of hydrogen-bond acceptors (Lipinski definition) is 5. The molecule has 3 heterocycles. The highest BCUT2D eigenvalue weighted by molar-refractivity contribution is 5.79. The highest BCUT2D eigenvalue weighted by Gasteiger charge is 2.25. The van der Waals surface area contributed by atoms with Crippen LogP contribution in [-0.2, 0) is 9.47 Å². The van der Waals surface area contributed by atoms with Crippen LogP contribution in [0.1, 0.15) is 56.6 Å². The largest absolute Gasteiger partial charge is 0.465 e. The van der Waals surface area contributed by atoms with Crippen LogP contribution >= 0.6 is 0 Å². The Hall–Kier alpha value is -1.57. The smallest absolute Gasteiger partial charge is 0.191 e. The molecule has 1 atom stereocenters. The van der Waals surface area contributed by atoms with Crippen LogP contribution in [0.15, 0.2) is 21.5 Å². The van der Waals surface area contributed by atoms with Crippen LogP contribution in [-0.4, -0.2) is 70.0 Å². The van der Waals surface area contributed by atoms with Gasteiger partial charge in [0.05, 0.1) is 12.6 Å². The molecule has 2 aliphatic heterocycles. The molecule has 30 heavy (non-hydrogen) atoms. The van der Waals surface area contributed by atoms with E-state index in [1.165, 1.54) is 12.8 Å². The van der Waals surface area contributed by atoms with E-state index < -0.39 is 0 Å². The van der Waals surface area contributed by atoms with Crippen molar-refractivity contribution in [2.24, 2.45) is 10.9 Å². The molecular weight excluding hydrogens is 380 g/mol. The Labute approximate surface area is 181 Å². The van der Waals surface area contributed by atoms with Crippen molar-refractivity contribution in [2.75, 3.05) is 59.2 Å². The van der Waals surface area contributed by atoms with Crippen molar-refractivity contribution in [1.82, 2.24) is 15.5 Å². The van der Waals surface area contributed by atoms with Gasteiger partial charge in [-0.15, -0.1) is 0 Å². The fourth-order valence-corrected chi connectivity index (χ4v) is 4.13. The molecule has 0 bridgehead atoms. The highest BCUT2D eigenvalue weighted by Crippen LogP contribution is 2.27. The minimum atomic E-state index is 0.208. The van der Waals surface area contributed by atoms with E-state index in [0.29, 0.717) is 12.5 Å². The molecule has 2 fully saturated rings. The van der Waals surface area contributed by atoms with Gasteiger partial charge in [0.15, 0.2) is 5.96 Å². The first-order chi connectivity index (χ1) is 14.8. The van der Waals surface area contributed by atoms with E-state index >= 15 is 0 Å². The van der Waals surface area contributed by atoms with Crippen LogP contribution in [0.4, 0.5) is 0 Å². The van der Waals surface area contributed by atoms with E-state index in [1.807, 2.05) is 13.0 Å². The number of furan rings is 1. The predicted molar refractivity (Wildman–Crippen MR) is 120 cm³/mol. The maximum atomic E-state index is 5.95. The average molecular weight is 421 g/mol. The van der Waals surface area contributed by atoms with E-state index in [9.17, 15) is 0 Å². The van der Waals surface area contributed by atoms with Crippen LogP contribution in [0.5, 0.6) is 0 Å². The molecule has 3 rings (SSSR count). The van der Waals surface area contributed by atoms with Gasteiger partial charge in [-0.2, -0.15) is 0 Å². The van der Waals surface area contributed by atoms with Gasteiger partial charge in [-0.25, -0.2) is 0 Å². The molecule has 0 aromatic carbocycles. The first-order valence-electron chi connectivity index (χ1n) is 11.7. The molecule has 1 aromatic heterocycles. The summed E-state index contributed by atoms with van der Waals surface area (Å²) in [7, 11) is 0. The zero-order valence-corrected chi connectivity index (χ0v) is 18.8. The number of nitrogens with zero attached hydrogens (tertiary/aromatic N) is 2. The van der Waals surface area contributed by atoms with E-state index in [4.69, 9.17) is 18.9 Å². The molecule has 0 spiro atoms. The lowest BCUT2D eigenvalue weighted by Gasteiger charge is -2.24. The molecule has 0 radical (unpaired) electrons. The number of likely N-dealkylation sites (tertiary alicyclic amines) is 1. The van der Waals surface area contributed by atoms with Crippen molar-refractivity contribution in [1.29, 1.82) is 0 Å². The first kappa shape index (κ1) is 23.1. The quantitative estimate of drug-likeness (QED) is 0.326. The topological polar surface area (TPSA) is 71.3 Å². The summed E-state index contributed by atoms with van der Waals surface area (Å²) >= 11 is 0. The predicted octanol–water partition coefficient (Wildman–Crippen LogP) is 3.11. The monoisotopic (exact) mass is 420 g/mol. The molecule has 0 aliphatic carbocycles. The van der Waals surface area contributed by atoms with Gasteiger partial charge in [0.2, 0.25) is 0 Å². The molecule has 2 N–H and O–H groups in total. The van der Waals surface area contributed by atoms with Gasteiger partial charge in [-0.05, 0) is 77.1 Å². The second-order valence-electron chi connectivity index (χ2n) is 8.34. The lowest BCUT2D eigenvalue weighted by Crippen LogP contribution is -2.39. The zero-order chi connectivity index (χ0) is 21.0. The van der Waals surface area contributed by atoms with Crippen LogP contribution in [0.25, 0.3) is 0 Å². The lowest BCUT2D eigenvalue weighted by atomic mass is 10.0. The molecule has 2 saturated heterocycles. The van der Waals surface area contributed by atoms with Gasteiger partial charge >= 0.3 is 0 Å². The number of aliphatic imine (C=N–C) groups is 1. The van der Waals surface area contributed by atoms with Crippen LogP contribution in [0, 0.1) is 12.8 Å². The summed E-state index contributed by atoms with van der Waals surface area (Å²) in [5.74, 6) is 3.52. The molecule has 170 valence electrons. The molecule has 1 unspecified atom stereocenters. The van der Waals surface area contributed by atoms with E-state index in [1.54, 1.807) is 0 Å². The number of rotatable bonds is 11. The van der Waals surface area contributed by atoms with Crippen molar-refractivity contribution in [3.05, 3.63) is 23.7 Å². The second-order valence-corrected chi connectivity index (χ2v) is 8.34. The number of hydrogen-bond donors (Lipinski definition) is 2. The Morgan fingerprint density at radius 2 is 2.03 bits per heavy atom. The highest BCUT2D eigenvalue weighted by atomic mass is 16.5. The van der Waals surface area contributed by atoms with Gasteiger partial charge in [0.25, 0.3) is 0 Å². The van der Waals surface area contributed by atoms with Crippen LogP contribution in [0.3, 0.4) is 0 Å². The van der Waals surface area contributed by atoms with Gasteiger partial charge in [0.1, 0.15) is 11.5 Å². The summed E-state index contributed by atoms with van der Waals surface area (Å²) in [4.78, 5) is 7.37. The summed E-state index contributed by atoms with van der Waals surface area (Å²) in [5, 5.41) is 6.81. The normalized spacial score (nSPS) is 19.9. The van der Waals surface area contributed by atoms with Gasteiger partial charge in [-0.3, -0.25) is 9.89 Å². The van der Waals surface area contributed by atoms with Gasteiger partial charge in [-0.1, -0.05) is 0 Å². The summed E-state index contributed by atoms with van der Waals surface area (Å²) in [6.07, 6.45) is 5.74. The Balaban J connectivity index is 1.42. The molecule has 1 aromatic rings. The van der Waals surface area contributed by atoms with Crippen molar-refractivity contribution in [3.63, 3.8) is 0 Å². The Morgan fingerprint density at radius 1 is 1.23 bits per heavy atom. The van der Waals surface area contributed by atoms with Crippen molar-refractivity contribution < 1.29 is 13.9 Å². The average Bonchev–Trinajstić information content (AvgIpc) is 3.44. The summed E-state index contributed by atoms with van der Waals surface area (Å²) < 4.78 is 17.2. The van der Waals surface area contributed by atoms with Crippen molar-refractivity contribution in [3.8, 4) is 0 Å². The van der Waals surface area contributed by atoms with E-state index in [2.05, 4.69) is 28.5 Å². The summed E-state index contributed by atoms with van der Waals surface area (Å²) in [5.41, 5.74) is 0. The molecule has 7 nitrogen and oxygen atoms in total. The molecular formula is C23H40N4O3. The van der Waals surface area contributed by atoms with E-state index in [0.717, 1.165) is 89.3 Å². The Morgan fingerprint density at radius 3 is 2.73 bits per heavy atom. The summed E-state index contributed by atoms with van der Waals surface area (Å²) in [6, 6.07) is 4.36. The summed E-state index contributed by atoms with van der Waals surface area (Å²) in [6.45, 7) is 12.1. The second kappa shape index (κ2) is 13.0. The first-order valence-corrected chi connectivity index (χ1v) is 11.7. The van der Waals surface area contributed by atoms with E-state index in [-0.39, 0.29) is 6.04 Å². The number of aryl methyl sites for hydroxylation is 1. The Bertz CT molecular complexity index is 622. The number of nitrogens with one attached hydrogen (secondary N) is 2. The maximum Gasteiger partial charge on any atom is 0.191 e. The third-order valence-electron chi connectivity index (χ3n) is 5.89. The standard InChI is InChI=1S/C23H40N4O3/c1-3-24-23(25-11-6-14-29-18-20-9-15-28-16-10-20)26-17-21(27-12-4-5-13-27)22-8-7-19(2)30-22/h7-8,20-21H,3-6,9-18H2,1-2H3,(H2,24,25,26). The zero-order valence-electron chi connectivity index (χ0n) is 18.8. The molecule has 7 heteroatoms. The SMILES string of the molecule is CCNC(=NCC(c1ccc(C)o1)N1CCCC1)NCCCOCC1CCOCC1. The molecule has 2 aliphatic rings. The fraction of sp³-hybridized carbons (Fsp3) is 0.783. The lowest BCUT2D eigenvalue weighted by molar-refractivity contribution is 0.0203. The van der Waals surface area contributed by atoms with Gasteiger partial charge < -0.3 is 24.5 Å². The number of guanidine groups is 1. The van der Waals surface area contributed by atoms with Crippen LogP contribution in [0.2, 0.25) is 0 Å². The van der Waals surface area contributed by atoms with Crippen molar-refractivity contribution >= 4 is 5.96 Å². The van der Waals surface area contributed by atoms with Gasteiger partial charge in [0, 0.05) is 39.5 Å². The fourth-order valence-electron chi connectivity index (χ4n) is 4.13. The minimum absolute atomic E-state index is 0.208. The van der Waals surface area contributed by atoms with Crippen LogP contribution < -0.4 is 10.6 Å². The third-order valence-corrected chi connectivity index (χ3v) is 5.89. The molecule has 0 amide bonds. The maximum absolute atomic E-state index is 5.95. The minimum Gasteiger partial charge on any atom is -0.465 e. The Kier molecular flexibility index (Phi) is 9.99. The molecule has 0 saturated carbocycles. The third kappa shape index (κ3) is 7.60. The number of ether oxygens (including phenoxy) is 2.